The molecule has 0 bridgehead atoms. The molecule has 1 unspecified atom stereocenters. The Hall–Kier alpha value is -7.16. The van der Waals surface area contributed by atoms with E-state index in [0.29, 0.717) is 5.92 Å². The van der Waals surface area contributed by atoms with E-state index in [-0.39, 0.29) is 5.41 Å². The van der Waals surface area contributed by atoms with Crippen LogP contribution in [0.3, 0.4) is 0 Å². The maximum Gasteiger partial charge on any atom is 0.0462 e. The lowest BCUT2D eigenvalue weighted by Crippen LogP contribution is -2.15. The highest BCUT2D eigenvalue weighted by atomic mass is 15.1. The summed E-state index contributed by atoms with van der Waals surface area (Å²) in [5.74, 6) is 0.691. The molecule has 8 aromatic carbocycles. The van der Waals surface area contributed by atoms with E-state index in [0.717, 1.165) is 34.9 Å². The smallest absolute Gasteiger partial charge is 0.0462 e. The van der Waals surface area contributed by atoms with Gasteiger partial charge in [-0.15, -0.1) is 0 Å². The highest BCUT2D eigenvalue weighted by molar-refractivity contribution is 5.85. The zero-order valence-corrected chi connectivity index (χ0v) is 39.0. The van der Waals surface area contributed by atoms with Crippen molar-refractivity contribution in [3.05, 3.63) is 240 Å². The topological polar surface area (TPSA) is 6.48 Å². The second-order valence-electron chi connectivity index (χ2n) is 18.6. The summed E-state index contributed by atoms with van der Waals surface area (Å²) in [7, 11) is 0. The van der Waals surface area contributed by atoms with Crippen molar-refractivity contribution in [3.8, 4) is 33.4 Å². The summed E-state index contributed by atoms with van der Waals surface area (Å²) in [6.07, 6.45) is 8.95. The number of hydrogen-bond donors (Lipinski definition) is 0. The molecular formula is C63H60N2. The fourth-order valence-electron chi connectivity index (χ4n) is 9.31. The highest BCUT2D eigenvalue weighted by Gasteiger charge is 2.35. The molecule has 0 aliphatic heterocycles. The summed E-state index contributed by atoms with van der Waals surface area (Å²) in [5.41, 5.74) is 22.4. The van der Waals surface area contributed by atoms with Crippen LogP contribution in [0, 0.1) is 19.8 Å². The molecule has 0 amide bonds. The van der Waals surface area contributed by atoms with Gasteiger partial charge in [0.15, 0.2) is 0 Å². The Morgan fingerprint density at radius 3 is 1.55 bits per heavy atom. The first kappa shape index (κ1) is 43.1. The minimum absolute atomic E-state index is 0.0147. The SMILES string of the molecule is CCC(C)Cc1ccc2c(c1)C(C)(C)c1ccc(/C(C)=C/C=C/N(c3ccc(C)cc3)c3ccc(-c4ccc(N(c5ccc(C)cc5)c5ccc(-c6ccccc6)cc5)cc4)cc3)cc1-2. The number of hydrogen-bond acceptors (Lipinski definition) is 2. The van der Waals surface area contributed by atoms with E-state index >= 15 is 0 Å². The average Bonchev–Trinajstić information content (AvgIpc) is 3.56. The summed E-state index contributed by atoms with van der Waals surface area (Å²) in [6.45, 7) is 15.9. The second kappa shape index (κ2) is 18.5. The molecule has 1 atom stereocenters. The second-order valence-corrected chi connectivity index (χ2v) is 18.6. The predicted molar refractivity (Wildman–Crippen MR) is 280 cm³/mol. The van der Waals surface area contributed by atoms with Gasteiger partial charge >= 0.3 is 0 Å². The molecule has 0 saturated heterocycles. The molecule has 0 fully saturated rings. The van der Waals surface area contributed by atoms with Gasteiger partial charge in [0.05, 0.1) is 0 Å². The maximum absolute atomic E-state index is 2.48. The summed E-state index contributed by atoms with van der Waals surface area (Å²) in [5, 5.41) is 0. The number of benzene rings is 8. The summed E-state index contributed by atoms with van der Waals surface area (Å²) < 4.78 is 0. The highest BCUT2D eigenvalue weighted by Crippen LogP contribution is 2.50. The minimum atomic E-state index is -0.0147. The molecule has 9 rings (SSSR count). The van der Waals surface area contributed by atoms with Crippen molar-refractivity contribution >= 4 is 34.0 Å². The molecule has 1 aliphatic carbocycles. The summed E-state index contributed by atoms with van der Waals surface area (Å²) >= 11 is 0. The van der Waals surface area contributed by atoms with Crippen molar-refractivity contribution in [2.75, 3.05) is 9.80 Å². The molecule has 0 heterocycles. The summed E-state index contributed by atoms with van der Waals surface area (Å²) in [4.78, 5) is 4.61. The van der Waals surface area contributed by atoms with E-state index in [1.807, 2.05) is 0 Å². The first-order valence-electron chi connectivity index (χ1n) is 23.3. The van der Waals surface area contributed by atoms with E-state index in [1.165, 1.54) is 78.8 Å². The molecule has 0 radical (unpaired) electrons. The number of anilines is 5. The third-order valence-corrected chi connectivity index (χ3v) is 13.5. The monoisotopic (exact) mass is 844 g/mol. The molecule has 2 heteroatoms. The Kier molecular flexibility index (Phi) is 12.3. The Morgan fingerprint density at radius 1 is 0.523 bits per heavy atom. The van der Waals surface area contributed by atoms with Gasteiger partial charge in [0.25, 0.3) is 0 Å². The van der Waals surface area contributed by atoms with Gasteiger partial charge in [0.2, 0.25) is 0 Å². The molecule has 0 saturated carbocycles. The van der Waals surface area contributed by atoms with Gasteiger partial charge in [-0.25, -0.2) is 0 Å². The Morgan fingerprint density at radius 2 is 1.02 bits per heavy atom. The molecule has 0 spiro atoms. The molecule has 0 aromatic heterocycles. The Labute approximate surface area is 387 Å². The van der Waals surface area contributed by atoms with Crippen LogP contribution in [0.2, 0.25) is 0 Å². The molecule has 2 nitrogen and oxygen atoms in total. The lowest BCUT2D eigenvalue weighted by atomic mass is 9.81. The molecule has 1 aliphatic rings. The zero-order valence-electron chi connectivity index (χ0n) is 39.0. The fourth-order valence-corrected chi connectivity index (χ4v) is 9.31. The van der Waals surface area contributed by atoms with E-state index < -0.39 is 0 Å². The van der Waals surface area contributed by atoms with Crippen molar-refractivity contribution in [2.24, 2.45) is 5.92 Å². The van der Waals surface area contributed by atoms with Crippen LogP contribution in [0.25, 0.3) is 39.0 Å². The van der Waals surface area contributed by atoms with Crippen molar-refractivity contribution < 1.29 is 0 Å². The van der Waals surface area contributed by atoms with Crippen LogP contribution in [0.1, 0.15) is 74.4 Å². The molecule has 65 heavy (non-hydrogen) atoms. The van der Waals surface area contributed by atoms with E-state index in [1.54, 1.807) is 0 Å². The van der Waals surface area contributed by atoms with E-state index in [4.69, 9.17) is 0 Å². The van der Waals surface area contributed by atoms with Crippen molar-refractivity contribution in [3.63, 3.8) is 0 Å². The Balaban J connectivity index is 0.961. The molecular weight excluding hydrogens is 785 g/mol. The first-order valence-corrected chi connectivity index (χ1v) is 23.3. The van der Waals surface area contributed by atoms with E-state index in [9.17, 15) is 0 Å². The number of fused-ring (bicyclic) bond motifs is 3. The largest absolute Gasteiger partial charge is 0.317 e. The number of nitrogens with zero attached hydrogens (tertiary/aromatic N) is 2. The standard InChI is InChI=1S/C63H60N2/c1-8-44(2)41-48-20-38-59-60-43-53(27-39-61(60)63(6,7)62(59)42-48)47(5)13-12-40-64(54-28-16-45(3)17-29-54)55-32-21-51(22-33-55)52-25-36-58(37-26-52)65(56-30-18-46(4)19-31-56)57-34-23-50(24-35-57)49-14-10-9-11-15-49/h9-40,42-44H,8,41H2,1-7H3/b40-12+,47-13+. The van der Waals surface area contributed by atoms with Crippen LogP contribution in [0.5, 0.6) is 0 Å². The van der Waals surface area contributed by atoms with Gasteiger partial charge in [-0.2, -0.15) is 0 Å². The Bertz CT molecular complexity index is 2950. The number of allylic oxidation sites excluding steroid dienone is 3. The molecule has 8 aromatic rings. The van der Waals surface area contributed by atoms with Gasteiger partial charge in [-0.1, -0.05) is 173 Å². The third-order valence-electron chi connectivity index (χ3n) is 13.5. The normalized spacial score (nSPS) is 13.4. The van der Waals surface area contributed by atoms with Crippen LogP contribution in [-0.4, -0.2) is 0 Å². The minimum Gasteiger partial charge on any atom is -0.317 e. The lowest BCUT2D eigenvalue weighted by molar-refractivity contribution is 0.559. The van der Waals surface area contributed by atoms with Crippen LogP contribution in [-0.2, 0) is 11.8 Å². The maximum atomic E-state index is 2.48. The van der Waals surface area contributed by atoms with Crippen LogP contribution in [0.15, 0.2) is 206 Å². The number of aryl methyl sites for hydroxylation is 2. The van der Waals surface area contributed by atoms with Gasteiger partial charge in [0, 0.05) is 40.1 Å². The molecule has 322 valence electrons. The average molecular weight is 845 g/mol. The van der Waals surface area contributed by atoms with Crippen LogP contribution < -0.4 is 9.80 Å². The van der Waals surface area contributed by atoms with Gasteiger partial charge < -0.3 is 9.80 Å². The van der Waals surface area contributed by atoms with E-state index in [2.05, 4.69) is 265 Å². The third kappa shape index (κ3) is 9.13. The zero-order chi connectivity index (χ0) is 45.1. The molecule has 0 N–H and O–H groups in total. The summed E-state index contributed by atoms with van der Waals surface area (Å²) in [6, 6.07) is 69.1. The van der Waals surface area contributed by atoms with Crippen molar-refractivity contribution in [2.45, 2.75) is 66.7 Å². The lowest BCUT2D eigenvalue weighted by Gasteiger charge is -2.26. The van der Waals surface area contributed by atoms with Crippen LogP contribution >= 0.6 is 0 Å². The quantitative estimate of drug-likeness (QED) is 0.107. The van der Waals surface area contributed by atoms with Crippen LogP contribution in [0.4, 0.5) is 28.4 Å². The first-order chi connectivity index (χ1) is 31.5. The van der Waals surface area contributed by atoms with Gasteiger partial charge in [-0.05, 0) is 167 Å². The predicted octanol–water partition coefficient (Wildman–Crippen LogP) is 17.8. The van der Waals surface area contributed by atoms with Gasteiger partial charge in [0.1, 0.15) is 0 Å². The van der Waals surface area contributed by atoms with Gasteiger partial charge in [-0.3, -0.25) is 0 Å². The van der Waals surface area contributed by atoms with Crippen molar-refractivity contribution in [1.82, 2.24) is 0 Å². The van der Waals surface area contributed by atoms with Crippen molar-refractivity contribution in [1.29, 1.82) is 0 Å². The number of rotatable bonds is 13. The fraction of sp³-hybridized carbons (Fsp3) is 0.175.